The maximum atomic E-state index is 11.9. The van der Waals surface area contributed by atoms with Crippen molar-refractivity contribution in [2.24, 2.45) is 16.8 Å². The van der Waals surface area contributed by atoms with Crippen LogP contribution in [0.1, 0.15) is 12.6 Å². The van der Waals surface area contributed by atoms with Gasteiger partial charge in [0, 0.05) is 31.7 Å². The van der Waals surface area contributed by atoms with Gasteiger partial charge in [-0.15, -0.1) is 0 Å². The Morgan fingerprint density at radius 1 is 1.36 bits per heavy atom. The number of carbonyl (C=O) groups excluding carboxylic acids is 1. The van der Waals surface area contributed by atoms with Crippen molar-refractivity contribution in [3.05, 3.63) is 42.2 Å². The summed E-state index contributed by atoms with van der Waals surface area (Å²) in [6.45, 7) is 4.06. The molecule has 1 N–H and O–H groups in total. The molecule has 1 aliphatic rings. The highest BCUT2D eigenvalue weighted by atomic mass is 16.5. The summed E-state index contributed by atoms with van der Waals surface area (Å²) in [5.74, 6) is 0.759. The number of carbonyl (C=O) groups is 1. The normalized spacial score (nSPS) is 20.8. The molecule has 2 unspecified atom stereocenters. The van der Waals surface area contributed by atoms with E-state index in [9.17, 15) is 4.79 Å². The number of fused-ring (bicyclic) bond motifs is 1. The van der Waals surface area contributed by atoms with Crippen molar-refractivity contribution in [2.45, 2.75) is 13.5 Å². The first-order chi connectivity index (χ1) is 12.1. The highest BCUT2D eigenvalue weighted by molar-refractivity contribution is 5.85. The van der Waals surface area contributed by atoms with E-state index in [1.807, 2.05) is 24.4 Å². The molecule has 0 aliphatic carbocycles. The van der Waals surface area contributed by atoms with Gasteiger partial charge in [-0.3, -0.25) is 14.8 Å². The Morgan fingerprint density at radius 2 is 2.16 bits per heavy atom. The van der Waals surface area contributed by atoms with Gasteiger partial charge in [-0.2, -0.15) is 0 Å². The van der Waals surface area contributed by atoms with Gasteiger partial charge in [0.2, 0.25) is 0 Å². The van der Waals surface area contributed by atoms with E-state index in [4.69, 9.17) is 4.74 Å². The van der Waals surface area contributed by atoms with Crippen LogP contribution in [0.5, 0.6) is 0 Å². The molecule has 0 saturated carbocycles. The van der Waals surface area contributed by atoms with Gasteiger partial charge in [-0.1, -0.05) is 31.2 Å². The maximum Gasteiger partial charge on any atom is 0.310 e. The van der Waals surface area contributed by atoms with Crippen LogP contribution in [0.4, 0.5) is 0 Å². The second-order valence-corrected chi connectivity index (χ2v) is 6.39. The third-order valence-electron chi connectivity index (χ3n) is 4.80. The summed E-state index contributed by atoms with van der Waals surface area (Å²) < 4.78 is 4.91. The van der Waals surface area contributed by atoms with Crippen LogP contribution in [-0.4, -0.2) is 49.1 Å². The topological polar surface area (TPSA) is 66.8 Å². The molecule has 1 aromatic carbocycles. The fourth-order valence-corrected chi connectivity index (χ4v) is 3.42. The number of likely N-dealkylation sites (tertiary alicyclic amines) is 1. The summed E-state index contributed by atoms with van der Waals surface area (Å²) in [5.41, 5.74) is 0.982. The van der Waals surface area contributed by atoms with E-state index in [0.717, 1.165) is 23.6 Å². The average Bonchev–Trinajstić information content (AvgIpc) is 3.03. The zero-order valence-corrected chi connectivity index (χ0v) is 14.9. The number of rotatable bonds is 3. The van der Waals surface area contributed by atoms with Crippen molar-refractivity contribution in [1.29, 1.82) is 0 Å². The molecule has 2 heterocycles. The lowest BCUT2D eigenvalue weighted by Crippen LogP contribution is -2.40. The predicted octanol–water partition coefficient (Wildman–Crippen LogP) is 2.05. The van der Waals surface area contributed by atoms with E-state index in [1.54, 1.807) is 7.05 Å². The quantitative estimate of drug-likeness (QED) is 0.526. The van der Waals surface area contributed by atoms with Gasteiger partial charge < -0.3 is 15.0 Å². The van der Waals surface area contributed by atoms with Crippen LogP contribution >= 0.6 is 0 Å². The number of esters is 1. The highest BCUT2D eigenvalue weighted by Gasteiger charge is 2.36. The first kappa shape index (κ1) is 17.2. The molecule has 25 heavy (non-hydrogen) atoms. The maximum absolute atomic E-state index is 11.9. The van der Waals surface area contributed by atoms with Gasteiger partial charge >= 0.3 is 5.97 Å². The Bertz CT molecular complexity index is 785. The second-order valence-electron chi connectivity index (χ2n) is 6.39. The molecule has 1 fully saturated rings. The lowest BCUT2D eigenvalue weighted by Gasteiger charge is -2.21. The van der Waals surface area contributed by atoms with Gasteiger partial charge in [0.25, 0.3) is 0 Å². The van der Waals surface area contributed by atoms with E-state index in [2.05, 4.69) is 39.2 Å². The second kappa shape index (κ2) is 7.51. The fraction of sp³-hybridized carbons (Fsp3) is 0.421. The van der Waals surface area contributed by atoms with Crippen molar-refractivity contribution >= 4 is 22.7 Å². The minimum absolute atomic E-state index is 0.112. The van der Waals surface area contributed by atoms with Crippen LogP contribution < -0.4 is 5.32 Å². The lowest BCUT2D eigenvalue weighted by atomic mass is 9.99. The molecular weight excluding hydrogens is 316 g/mol. The Balaban J connectivity index is 1.70. The largest absolute Gasteiger partial charge is 0.469 e. The smallest absolute Gasteiger partial charge is 0.310 e. The van der Waals surface area contributed by atoms with E-state index in [0.29, 0.717) is 13.1 Å². The fourth-order valence-electron chi connectivity index (χ4n) is 3.42. The Kier molecular flexibility index (Phi) is 5.16. The molecule has 1 aliphatic heterocycles. The summed E-state index contributed by atoms with van der Waals surface area (Å²) in [5, 5.41) is 5.68. The van der Waals surface area contributed by atoms with Crippen LogP contribution in [0.2, 0.25) is 0 Å². The number of aliphatic imine (C=N–C) groups is 1. The Hall–Kier alpha value is -2.63. The minimum atomic E-state index is -0.152. The zero-order chi connectivity index (χ0) is 17.8. The molecule has 6 nitrogen and oxygen atoms in total. The molecule has 132 valence electrons. The molecule has 0 radical (unpaired) electrons. The number of nitrogens with zero attached hydrogens (tertiary/aromatic N) is 3. The SMILES string of the molecule is CN=C(NCc1nccc2ccccc12)N1CC(C)C(C(=O)OC)C1. The zero-order valence-electron chi connectivity index (χ0n) is 14.9. The van der Waals surface area contributed by atoms with Crippen LogP contribution in [0.3, 0.4) is 0 Å². The van der Waals surface area contributed by atoms with E-state index in [-0.39, 0.29) is 17.8 Å². The molecule has 1 saturated heterocycles. The first-order valence-corrected chi connectivity index (χ1v) is 8.50. The average molecular weight is 340 g/mol. The number of nitrogens with one attached hydrogen (secondary N) is 1. The van der Waals surface area contributed by atoms with Crippen molar-refractivity contribution < 1.29 is 9.53 Å². The molecule has 2 atom stereocenters. The van der Waals surface area contributed by atoms with Gasteiger partial charge in [0.15, 0.2) is 5.96 Å². The summed E-state index contributed by atoms with van der Waals surface area (Å²) >= 11 is 0. The number of benzene rings is 1. The van der Waals surface area contributed by atoms with Gasteiger partial charge in [-0.25, -0.2) is 0 Å². The third-order valence-corrected chi connectivity index (χ3v) is 4.80. The monoisotopic (exact) mass is 340 g/mol. The summed E-state index contributed by atoms with van der Waals surface area (Å²) in [6.07, 6.45) is 1.83. The highest BCUT2D eigenvalue weighted by Crippen LogP contribution is 2.24. The number of hydrogen-bond acceptors (Lipinski definition) is 4. The van der Waals surface area contributed by atoms with Crippen LogP contribution in [0.15, 0.2) is 41.5 Å². The van der Waals surface area contributed by atoms with Crippen LogP contribution in [-0.2, 0) is 16.1 Å². The summed E-state index contributed by atoms with van der Waals surface area (Å²) in [6, 6.07) is 10.2. The number of guanidine groups is 1. The van der Waals surface area contributed by atoms with Gasteiger partial charge in [-0.05, 0) is 17.4 Å². The van der Waals surface area contributed by atoms with Crippen molar-refractivity contribution in [3.8, 4) is 0 Å². The molecule has 0 amide bonds. The Labute approximate surface area is 147 Å². The van der Waals surface area contributed by atoms with Crippen LogP contribution in [0.25, 0.3) is 10.8 Å². The van der Waals surface area contributed by atoms with Gasteiger partial charge in [0.05, 0.1) is 25.3 Å². The van der Waals surface area contributed by atoms with Gasteiger partial charge in [0.1, 0.15) is 0 Å². The molecule has 3 rings (SSSR count). The third kappa shape index (κ3) is 3.57. The molecule has 2 aromatic rings. The first-order valence-electron chi connectivity index (χ1n) is 8.50. The molecule has 6 heteroatoms. The van der Waals surface area contributed by atoms with E-state index >= 15 is 0 Å². The number of pyridine rings is 1. The van der Waals surface area contributed by atoms with E-state index < -0.39 is 0 Å². The predicted molar refractivity (Wildman–Crippen MR) is 98.2 cm³/mol. The lowest BCUT2D eigenvalue weighted by molar-refractivity contribution is -0.145. The van der Waals surface area contributed by atoms with Crippen molar-refractivity contribution in [2.75, 3.05) is 27.2 Å². The molecule has 1 aromatic heterocycles. The Morgan fingerprint density at radius 3 is 2.92 bits per heavy atom. The molecular formula is C19H24N4O2. The number of ether oxygens (including phenoxy) is 1. The molecule has 0 spiro atoms. The standard InChI is InChI=1S/C19H24N4O2/c1-13-11-23(12-16(13)18(24)25-3)19(20-2)22-10-17-15-7-5-4-6-14(15)8-9-21-17/h4-9,13,16H,10-12H2,1-3H3,(H,20,22). The number of hydrogen-bond donors (Lipinski definition) is 1. The number of methoxy groups -OCH3 is 1. The summed E-state index contributed by atoms with van der Waals surface area (Å²) in [7, 11) is 3.20. The van der Waals surface area contributed by atoms with Crippen LogP contribution in [0, 0.1) is 11.8 Å². The van der Waals surface area contributed by atoms with Crippen molar-refractivity contribution in [1.82, 2.24) is 15.2 Å². The number of aromatic nitrogens is 1. The minimum Gasteiger partial charge on any atom is -0.469 e. The van der Waals surface area contributed by atoms with Crippen molar-refractivity contribution in [3.63, 3.8) is 0 Å². The molecule has 0 bridgehead atoms. The van der Waals surface area contributed by atoms with E-state index in [1.165, 1.54) is 12.5 Å². The summed E-state index contributed by atoms with van der Waals surface area (Å²) in [4.78, 5) is 22.9.